The van der Waals surface area contributed by atoms with Crippen molar-refractivity contribution in [2.24, 2.45) is 0 Å². The lowest BCUT2D eigenvalue weighted by molar-refractivity contribution is 0.119. The summed E-state index contributed by atoms with van der Waals surface area (Å²) in [4.78, 5) is 16.1. The minimum absolute atomic E-state index is 0.0111. The molecule has 2 heterocycles. The molecule has 4 nitrogen and oxygen atoms in total. The molecule has 0 N–H and O–H groups in total. The monoisotopic (exact) mass is 328 g/mol. The highest BCUT2D eigenvalue weighted by atomic mass is 79.9. The maximum absolute atomic E-state index is 11.7. The maximum atomic E-state index is 11.7. The summed E-state index contributed by atoms with van der Waals surface area (Å²) in [6, 6.07) is 3.27. The van der Waals surface area contributed by atoms with E-state index in [4.69, 9.17) is 4.74 Å². The minimum Gasteiger partial charge on any atom is -0.375 e. The van der Waals surface area contributed by atoms with Crippen molar-refractivity contribution in [2.75, 3.05) is 7.11 Å². The molecule has 18 heavy (non-hydrogen) atoms. The average Bonchev–Trinajstić information content (AvgIpc) is 2.81. The lowest BCUT2D eigenvalue weighted by Gasteiger charge is -2.05. The number of thiazole rings is 1. The topological polar surface area (TPSA) is 44.1 Å². The SMILES string of the molecule is CO[C@@H](C)c1nc(Cn2cc(Br)ccc2=O)cs1. The van der Waals surface area contributed by atoms with Crippen LogP contribution in [0.1, 0.15) is 23.7 Å². The number of rotatable bonds is 4. The van der Waals surface area contributed by atoms with E-state index in [9.17, 15) is 4.79 Å². The van der Waals surface area contributed by atoms with E-state index in [0.717, 1.165) is 15.2 Å². The van der Waals surface area contributed by atoms with Gasteiger partial charge in [-0.3, -0.25) is 4.79 Å². The Bertz CT molecular complexity index is 594. The second-order valence-electron chi connectivity index (χ2n) is 3.87. The second-order valence-corrected chi connectivity index (χ2v) is 5.67. The summed E-state index contributed by atoms with van der Waals surface area (Å²) in [5.41, 5.74) is 0.839. The quantitative estimate of drug-likeness (QED) is 0.866. The van der Waals surface area contributed by atoms with Gasteiger partial charge < -0.3 is 9.30 Å². The summed E-state index contributed by atoms with van der Waals surface area (Å²) in [5, 5.41) is 2.88. The van der Waals surface area contributed by atoms with Crippen LogP contribution in [0.5, 0.6) is 0 Å². The zero-order valence-corrected chi connectivity index (χ0v) is 12.5. The molecule has 0 aromatic carbocycles. The van der Waals surface area contributed by atoms with Crippen LogP contribution in [0.15, 0.2) is 33.0 Å². The van der Waals surface area contributed by atoms with Crippen molar-refractivity contribution >= 4 is 27.3 Å². The normalized spacial score (nSPS) is 12.6. The standard InChI is InChI=1S/C12H13BrN2O2S/c1-8(17-2)12-14-10(7-18-12)6-15-5-9(13)3-4-11(15)16/h3-5,7-8H,6H2,1-2H3/t8-/m0/s1. The van der Waals surface area contributed by atoms with Crippen molar-refractivity contribution in [2.45, 2.75) is 19.6 Å². The molecular weight excluding hydrogens is 316 g/mol. The molecule has 6 heteroatoms. The van der Waals surface area contributed by atoms with Crippen LogP contribution in [0.4, 0.5) is 0 Å². The van der Waals surface area contributed by atoms with Gasteiger partial charge in [-0.05, 0) is 28.9 Å². The van der Waals surface area contributed by atoms with Gasteiger partial charge in [0.25, 0.3) is 5.56 Å². The first-order valence-electron chi connectivity index (χ1n) is 5.43. The van der Waals surface area contributed by atoms with Gasteiger partial charge >= 0.3 is 0 Å². The Kier molecular flexibility index (Phi) is 4.31. The molecule has 0 spiro atoms. The summed E-state index contributed by atoms with van der Waals surface area (Å²) in [6.45, 7) is 2.43. The first kappa shape index (κ1) is 13.5. The van der Waals surface area contributed by atoms with Crippen molar-refractivity contribution in [1.82, 2.24) is 9.55 Å². The van der Waals surface area contributed by atoms with Crippen LogP contribution in [0.3, 0.4) is 0 Å². The molecule has 0 unspecified atom stereocenters. The highest BCUT2D eigenvalue weighted by Gasteiger charge is 2.10. The number of ether oxygens (including phenoxy) is 1. The third kappa shape index (κ3) is 3.07. The van der Waals surface area contributed by atoms with E-state index in [0.29, 0.717) is 6.54 Å². The Morgan fingerprint density at radius 3 is 3.06 bits per heavy atom. The predicted molar refractivity (Wildman–Crippen MR) is 75.0 cm³/mol. The molecule has 1 atom stereocenters. The smallest absolute Gasteiger partial charge is 0.250 e. The van der Waals surface area contributed by atoms with Gasteiger partial charge in [0.1, 0.15) is 11.1 Å². The second kappa shape index (κ2) is 5.77. The van der Waals surface area contributed by atoms with E-state index in [-0.39, 0.29) is 11.7 Å². The van der Waals surface area contributed by atoms with Crippen LogP contribution >= 0.6 is 27.3 Å². The average molecular weight is 329 g/mol. The Labute approximate surface area is 117 Å². The van der Waals surface area contributed by atoms with Crippen molar-refractivity contribution in [1.29, 1.82) is 0 Å². The Morgan fingerprint density at radius 1 is 1.56 bits per heavy atom. The largest absolute Gasteiger partial charge is 0.375 e. The molecule has 0 fully saturated rings. The van der Waals surface area contributed by atoms with Gasteiger partial charge in [0.2, 0.25) is 0 Å². The van der Waals surface area contributed by atoms with Gasteiger partial charge in [-0.1, -0.05) is 0 Å². The van der Waals surface area contributed by atoms with Crippen molar-refractivity contribution in [3.8, 4) is 0 Å². The van der Waals surface area contributed by atoms with Gasteiger partial charge in [0.15, 0.2) is 0 Å². The van der Waals surface area contributed by atoms with E-state index in [1.807, 2.05) is 12.3 Å². The number of hydrogen-bond acceptors (Lipinski definition) is 4. The van der Waals surface area contributed by atoms with Crippen molar-refractivity contribution < 1.29 is 4.74 Å². The van der Waals surface area contributed by atoms with Gasteiger partial charge in [0.05, 0.1) is 12.2 Å². The van der Waals surface area contributed by atoms with Gasteiger partial charge in [-0.15, -0.1) is 11.3 Å². The molecular formula is C12H13BrN2O2S. The van der Waals surface area contributed by atoms with E-state index >= 15 is 0 Å². The molecule has 2 rings (SSSR count). The van der Waals surface area contributed by atoms with Crippen LogP contribution in [0.25, 0.3) is 0 Å². The van der Waals surface area contributed by atoms with Crippen LogP contribution in [-0.2, 0) is 11.3 Å². The Balaban J connectivity index is 2.21. The highest BCUT2D eigenvalue weighted by molar-refractivity contribution is 9.10. The maximum Gasteiger partial charge on any atom is 0.250 e. The third-order valence-electron chi connectivity index (χ3n) is 2.55. The van der Waals surface area contributed by atoms with E-state index in [1.54, 1.807) is 35.3 Å². The number of pyridine rings is 1. The number of nitrogens with zero attached hydrogens (tertiary/aromatic N) is 2. The van der Waals surface area contributed by atoms with E-state index in [1.165, 1.54) is 6.07 Å². The van der Waals surface area contributed by atoms with Gasteiger partial charge in [-0.2, -0.15) is 0 Å². The lowest BCUT2D eigenvalue weighted by atomic mass is 10.4. The number of halogens is 1. The number of methoxy groups -OCH3 is 1. The van der Waals surface area contributed by atoms with Crippen molar-refractivity contribution in [3.05, 3.63) is 49.2 Å². The van der Waals surface area contributed by atoms with Gasteiger partial charge in [-0.25, -0.2) is 4.98 Å². The van der Waals surface area contributed by atoms with Crippen LogP contribution in [0.2, 0.25) is 0 Å². The zero-order valence-electron chi connectivity index (χ0n) is 10.1. The van der Waals surface area contributed by atoms with Gasteiger partial charge in [0, 0.05) is 29.2 Å². The van der Waals surface area contributed by atoms with Crippen molar-refractivity contribution in [3.63, 3.8) is 0 Å². The molecule has 0 amide bonds. The number of aromatic nitrogens is 2. The fourth-order valence-corrected chi connectivity index (χ4v) is 2.70. The highest BCUT2D eigenvalue weighted by Crippen LogP contribution is 2.20. The number of hydrogen-bond donors (Lipinski definition) is 0. The zero-order chi connectivity index (χ0) is 13.1. The van der Waals surface area contributed by atoms with E-state index in [2.05, 4.69) is 20.9 Å². The molecule has 0 saturated carbocycles. The summed E-state index contributed by atoms with van der Waals surface area (Å²) < 4.78 is 7.72. The lowest BCUT2D eigenvalue weighted by Crippen LogP contribution is -2.18. The fourth-order valence-electron chi connectivity index (χ4n) is 1.48. The molecule has 0 bridgehead atoms. The minimum atomic E-state index is -0.0347. The fraction of sp³-hybridized carbons (Fsp3) is 0.333. The summed E-state index contributed by atoms with van der Waals surface area (Å²) in [6.07, 6.45) is 1.75. The summed E-state index contributed by atoms with van der Waals surface area (Å²) in [7, 11) is 1.66. The van der Waals surface area contributed by atoms with E-state index < -0.39 is 0 Å². The predicted octanol–water partition coefficient (Wildman–Crippen LogP) is 2.82. The molecule has 0 aliphatic carbocycles. The first-order valence-corrected chi connectivity index (χ1v) is 7.10. The molecule has 96 valence electrons. The summed E-state index contributed by atoms with van der Waals surface area (Å²) >= 11 is 4.90. The Morgan fingerprint density at radius 2 is 2.33 bits per heavy atom. The molecule has 2 aromatic rings. The molecule has 0 aliphatic rings. The third-order valence-corrected chi connectivity index (χ3v) is 4.07. The molecule has 0 radical (unpaired) electrons. The van der Waals surface area contributed by atoms with Crippen LogP contribution in [0, 0.1) is 0 Å². The Hall–Kier alpha value is -0.980. The molecule has 0 aliphatic heterocycles. The first-order chi connectivity index (χ1) is 8.60. The summed E-state index contributed by atoms with van der Waals surface area (Å²) in [5.74, 6) is 0. The van der Waals surface area contributed by atoms with Crippen LogP contribution < -0.4 is 5.56 Å². The molecule has 0 saturated heterocycles. The van der Waals surface area contributed by atoms with Crippen LogP contribution in [-0.4, -0.2) is 16.7 Å². The molecule has 2 aromatic heterocycles.